The van der Waals surface area contributed by atoms with Crippen molar-refractivity contribution in [2.24, 2.45) is 0 Å². The molecule has 0 saturated carbocycles. The van der Waals surface area contributed by atoms with Crippen LogP contribution in [0.3, 0.4) is 0 Å². The average Bonchev–Trinajstić information content (AvgIpc) is 3.53. The topological polar surface area (TPSA) is 137 Å². The largest absolute Gasteiger partial charge is 0.586 e. The fraction of sp³-hybridized carbons (Fsp3) is 0.222. The number of carbonyl (C=O) groups is 2. The smallest absolute Gasteiger partial charge is 0.462 e. The van der Waals surface area contributed by atoms with Crippen molar-refractivity contribution in [2.45, 2.75) is 26.7 Å². The molecule has 2 aromatic carbocycles. The lowest BCUT2D eigenvalue weighted by atomic mass is 10.0. The summed E-state index contributed by atoms with van der Waals surface area (Å²) in [5.41, 5.74) is 0.376. The quantitative estimate of drug-likeness (QED) is 0.312. The van der Waals surface area contributed by atoms with E-state index in [-0.39, 0.29) is 58.1 Å². The van der Waals surface area contributed by atoms with Gasteiger partial charge in [0.2, 0.25) is 5.91 Å². The molecule has 40 heavy (non-hydrogen) atoms. The molecule has 0 fully saturated rings. The zero-order valence-corrected chi connectivity index (χ0v) is 21.1. The molecular weight excluding hydrogens is 530 g/mol. The van der Waals surface area contributed by atoms with Crippen molar-refractivity contribution in [1.29, 1.82) is 5.26 Å². The predicted molar refractivity (Wildman–Crippen MR) is 135 cm³/mol. The van der Waals surface area contributed by atoms with Gasteiger partial charge in [0, 0.05) is 23.9 Å². The first-order chi connectivity index (χ1) is 19.2. The van der Waals surface area contributed by atoms with Crippen LogP contribution in [0.4, 0.5) is 14.5 Å². The molecule has 0 saturated heterocycles. The third-order valence-electron chi connectivity index (χ3n) is 6.07. The number of anilines is 1. The summed E-state index contributed by atoms with van der Waals surface area (Å²) in [5, 5.41) is 14.1. The molecule has 1 amide bonds. The van der Waals surface area contributed by atoms with Gasteiger partial charge in [0.25, 0.3) is 5.56 Å². The van der Waals surface area contributed by atoms with E-state index in [1.807, 2.05) is 6.07 Å². The highest BCUT2D eigenvalue weighted by atomic mass is 19.3. The Hall–Kier alpha value is -5.25. The van der Waals surface area contributed by atoms with Gasteiger partial charge in [-0.15, -0.1) is 8.78 Å². The second kappa shape index (κ2) is 10.1. The summed E-state index contributed by atoms with van der Waals surface area (Å²) in [6, 6.07) is 11.6. The number of alkyl halides is 2. The van der Waals surface area contributed by atoms with Crippen LogP contribution in [0.5, 0.6) is 11.5 Å². The highest BCUT2D eigenvalue weighted by Crippen LogP contribution is 2.42. The number of furan rings is 1. The van der Waals surface area contributed by atoms with E-state index in [4.69, 9.17) is 9.15 Å². The molecule has 0 N–H and O–H groups in total. The number of amides is 1. The van der Waals surface area contributed by atoms with Gasteiger partial charge in [-0.05, 0) is 44.2 Å². The Morgan fingerprint density at radius 3 is 2.62 bits per heavy atom. The average molecular weight is 550 g/mol. The zero-order chi connectivity index (χ0) is 28.6. The van der Waals surface area contributed by atoms with Crippen LogP contribution in [0.2, 0.25) is 0 Å². The van der Waals surface area contributed by atoms with Crippen molar-refractivity contribution < 1.29 is 37.0 Å². The van der Waals surface area contributed by atoms with E-state index < -0.39 is 30.3 Å². The molecule has 11 nitrogen and oxygen atoms in total. The molecule has 3 heterocycles. The van der Waals surface area contributed by atoms with E-state index >= 15 is 0 Å². The van der Waals surface area contributed by atoms with Gasteiger partial charge < -0.3 is 23.5 Å². The standard InChI is InChI=1S/C27H20F2N4O7/c1-3-32(17-6-8-20-21(12-17)40-27(28,29)39-20)22(34)14-33-25(35)19-9-10-38-24(19)23(31-33)15-5-7-18(16(11-15)13-30)26(36)37-4-2/h5-12H,3-4,14H2,1-2H3. The van der Waals surface area contributed by atoms with E-state index in [0.717, 1.165) is 4.68 Å². The number of halogens is 2. The number of hydrogen-bond donors (Lipinski definition) is 0. The van der Waals surface area contributed by atoms with Crippen LogP contribution in [0.1, 0.15) is 29.8 Å². The number of benzene rings is 2. The number of likely N-dealkylation sites (N-methyl/N-ethyl adjacent to an activating group) is 1. The molecule has 0 radical (unpaired) electrons. The lowest BCUT2D eigenvalue weighted by molar-refractivity contribution is -0.286. The molecule has 5 rings (SSSR count). The molecule has 0 spiro atoms. The number of carbonyl (C=O) groups excluding carboxylic acids is 2. The van der Waals surface area contributed by atoms with Gasteiger partial charge in [0.15, 0.2) is 17.1 Å². The summed E-state index contributed by atoms with van der Waals surface area (Å²) in [4.78, 5) is 40.0. The van der Waals surface area contributed by atoms with E-state index in [9.17, 15) is 28.4 Å². The normalized spacial score (nSPS) is 13.2. The van der Waals surface area contributed by atoms with Gasteiger partial charge in [-0.1, -0.05) is 6.07 Å². The summed E-state index contributed by atoms with van der Waals surface area (Å²) in [6.07, 6.45) is -2.52. The van der Waals surface area contributed by atoms with Crippen molar-refractivity contribution in [3.05, 3.63) is 70.2 Å². The van der Waals surface area contributed by atoms with Crippen LogP contribution in [-0.2, 0) is 16.1 Å². The van der Waals surface area contributed by atoms with E-state index in [0.29, 0.717) is 5.56 Å². The molecule has 1 aliphatic rings. The van der Waals surface area contributed by atoms with Crippen LogP contribution in [0.25, 0.3) is 22.2 Å². The molecule has 4 aromatic rings. The minimum Gasteiger partial charge on any atom is -0.462 e. The van der Waals surface area contributed by atoms with Gasteiger partial charge >= 0.3 is 12.3 Å². The van der Waals surface area contributed by atoms with Crippen molar-refractivity contribution >= 4 is 28.5 Å². The Morgan fingerprint density at radius 1 is 1.12 bits per heavy atom. The summed E-state index contributed by atoms with van der Waals surface area (Å²) >= 11 is 0. The number of fused-ring (bicyclic) bond motifs is 2. The molecule has 2 aromatic heterocycles. The minimum absolute atomic E-state index is 0.0248. The minimum atomic E-state index is -3.81. The molecule has 204 valence electrons. The van der Waals surface area contributed by atoms with Gasteiger partial charge in [-0.2, -0.15) is 10.4 Å². The van der Waals surface area contributed by atoms with Crippen LogP contribution in [0, 0.1) is 11.3 Å². The Bertz CT molecular complexity index is 1760. The molecule has 0 aliphatic carbocycles. The zero-order valence-electron chi connectivity index (χ0n) is 21.1. The lowest BCUT2D eigenvalue weighted by Crippen LogP contribution is -2.37. The molecule has 0 atom stereocenters. The van der Waals surface area contributed by atoms with Gasteiger partial charge in [-0.3, -0.25) is 9.59 Å². The summed E-state index contributed by atoms with van der Waals surface area (Å²) in [7, 11) is 0. The maximum absolute atomic E-state index is 13.4. The number of nitriles is 1. The van der Waals surface area contributed by atoms with Gasteiger partial charge in [0.05, 0.1) is 29.4 Å². The van der Waals surface area contributed by atoms with Crippen LogP contribution in [0.15, 0.2) is 57.9 Å². The van der Waals surface area contributed by atoms with Gasteiger partial charge in [-0.25, -0.2) is 9.48 Å². The molecular formula is C27H20F2N4O7. The summed E-state index contributed by atoms with van der Waals surface area (Å²) in [6.45, 7) is 3.09. The van der Waals surface area contributed by atoms with Crippen LogP contribution >= 0.6 is 0 Å². The maximum Gasteiger partial charge on any atom is 0.586 e. The Morgan fingerprint density at radius 2 is 1.90 bits per heavy atom. The number of aromatic nitrogens is 2. The second-order valence-corrected chi connectivity index (χ2v) is 8.50. The van der Waals surface area contributed by atoms with Crippen LogP contribution < -0.4 is 19.9 Å². The highest BCUT2D eigenvalue weighted by Gasteiger charge is 2.43. The number of nitrogens with zero attached hydrogens (tertiary/aromatic N) is 4. The fourth-order valence-electron chi connectivity index (χ4n) is 4.30. The molecule has 0 unspecified atom stereocenters. The van der Waals surface area contributed by atoms with Crippen LogP contribution in [-0.4, -0.2) is 41.1 Å². The molecule has 0 bridgehead atoms. The number of hydrogen-bond acceptors (Lipinski definition) is 9. The third-order valence-corrected chi connectivity index (χ3v) is 6.07. The Balaban J connectivity index is 1.51. The lowest BCUT2D eigenvalue weighted by Gasteiger charge is -2.21. The maximum atomic E-state index is 13.4. The Kier molecular flexibility index (Phi) is 6.68. The van der Waals surface area contributed by atoms with Crippen molar-refractivity contribution in [3.63, 3.8) is 0 Å². The first-order valence-corrected chi connectivity index (χ1v) is 12.1. The fourth-order valence-corrected chi connectivity index (χ4v) is 4.30. The third kappa shape index (κ3) is 4.71. The second-order valence-electron chi connectivity index (χ2n) is 8.50. The monoisotopic (exact) mass is 550 g/mol. The first kappa shape index (κ1) is 26.4. The molecule has 1 aliphatic heterocycles. The van der Waals surface area contributed by atoms with E-state index in [1.165, 1.54) is 53.6 Å². The van der Waals surface area contributed by atoms with Crippen molar-refractivity contribution in [3.8, 4) is 28.8 Å². The predicted octanol–water partition coefficient (Wildman–Crippen LogP) is 4.08. The summed E-state index contributed by atoms with van der Waals surface area (Å²) < 4.78 is 47.2. The molecule has 13 heteroatoms. The highest BCUT2D eigenvalue weighted by molar-refractivity contribution is 5.96. The number of ether oxygens (including phenoxy) is 3. The van der Waals surface area contributed by atoms with E-state index in [2.05, 4.69) is 14.6 Å². The van der Waals surface area contributed by atoms with Crippen molar-refractivity contribution in [1.82, 2.24) is 9.78 Å². The SMILES string of the molecule is CCOC(=O)c1ccc(-c2nn(CC(=O)N(CC)c3ccc4c(c3)OC(F)(F)O4)c(=O)c3ccoc23)cc1C#N. The Labute approximate surface area is 224 Å². The van der Waals surface area contributed by atoms with E-state index in [1.54, 1.807) is 13.8 Å². The first-order valence-electron chi connectivity index (χ1n) is 12.1. The van der Waals surface area contributed by atoms with Crippen molar-refractivity contribution in [2.75, 3.05) is 18.1 Å². The summed E-state index contributed by atoms with van der Waals surface area (Å²) in [5.74, 6) is -1.63. The number of esters is 1. The number of rotatable bonds is 7. The van der Waals surface area contributed by atoms with Gasteiger partial charge in [0.1, 0.15) is 18.3 Å².